The summed E-state index contributed by atoms with van der Waals surface area (Å²) in [6, 6.07) is 0. The molecular weight excluding hydrogens is 303 g/mol. The fraction of sp³-hybridized carbons (Fsp3) is 0.556. The molecule has 4 nitrogen and oxygen atoms in total. The number of aromatic nitrogens is 2. The van der Waals surface area contributed by atoms with Crippen LogP contribution in [0.2, 0.25) is 0 Å². The number of nitrogens with zero attached hydrogens (tertiary/aromatic N) is 2. The van der Waals surface area contributed by atoms with Crippen molar-refractivity contribution in [2.45, 2.75) is 19.5 Å². The Kier molecular flexibility index (Phi) is 4.98. The highest BCUT2D eigenvalue weighted by molar-refractivity contribution is 9.10. The monoisotopic (exact) mass is 313 g/mol. The Morgan fingerprint density at radius 3 is 2.71 bits per heavy atom. The molecule has 0 saturated carbocycles. The predicted molar refractivity (Wildman–Crippen MR) is 60.1 cm³/mol. The Morgan fingerprint density at radius 1 is 1.41 bits per heavy atom. The van der Waals surface area contributed by atoms with Gasteiger partial charge < -0.3 is 10.1 Å². The Labute approximate surface area is 105 Å². The summed E-state index contributed by atoms with van der Waals surface area (Å²) in [7, 11) is 0. The van der Waals surface area contributed by atoms with Gasteiger partial charge in [-0.1, -0.05) is 0 Å². The second kappa shape index (κ2) is 6.04. The fourth-order valence-corrected chi connectivity index (χ4v) is 1.47. The van der Waals surface area contributed by atoms with Crippen molar-refractivity contribution >= 4 is 21.7 Å². The molecule has 1 aromatic heterocycles. The smallest absolute Gasteiger partial charge is 0.392 e. The van der Waals surface area contributed by atoms with E-state index in [-0.39, 0.29) is 5.88 Å². The van der Waals surface area contributed by atoms with Gasteiger partial charge >= 0.3 is 6.18 Å². The molecule has 17 heavy (non-hydrogen) atoms. The van der Waals surface area contributed by atoms with E-state index in [0.29, 0.717) is 16.8 Å². The molecule has 0 unspecified atom stereocenters. The molecule has 0 bridgehead atoms. The summed E-state index contributed by atoms with van der Waals surface area (Å²) in [5.41, 5.74) is 0. The molecule has 8 heteroatoms. The van der Waals surface area contributed by atoms with Crippen LogP contribution in [-0.2, 0) is 0 Å². The van der Waals surface area contributed by atoms with E-state index in [1.165, 1.54) is 6.33 Å². The normalized spacial score (nSPS) is 11.4. The average molecular weight is 314 g/mol. The topological polar surface area (TPSA) is 47.0 Å². The predicted octanol–water partition coefficient (Wildman–Crippen LogP) is 3.00. The minimum atomic E-state index is -4.23. The molecule has 0 aliphatic carbocycles. The van der Waals surface area contributed by atoms with Crippen molar-refractivity contribution in [2.75, 3.05) is 18.5 Å². The molecule has 1 heterocycles. The lowest BCUT2D eigenvalue weighted by Crippen LogP contribution is -2.14. The van der Waals surface area contributed by atoms with Gasteiger partial charge in [0, 0.05) is 6.54 Å². The van der Waals surface area contributed by atoms with Crippen LogP contribution in [-0.4, -0.2) is 29.3 Å². The summed E-state index contributed by atoms with van der Waals surface area (Å²) in [5, 5.41) is 2.92. The van der Waals surface area contributed by atoms with Gasteiger partial charge in [-0.2, -0.15) is 13.2 Å². The number of alkyl halides is 3. The third-order valence-corrected chi connectivity index (χ3v) is 2.44. The van der Waals surface area contributed by atoms with Gasteiger partial charge in [0.2, 0.25) is 5.88 Å². The number of rotatable bonds is 5. The molecule has 0 saturated heterocycles. The maximum absolute atomic E-state index is 11.9. The Bertz CT molecular complexity index is 373. The van der Waals surface area contributed by atoms with Gasteiger partial charge in [-0.05, 0) is 22.9 Å². The Hall–Kier alpha value is -1.05. The third kappa shape index (κ3) is 4.76. The van der Waals surface area contributed by atoms with E-state index in [1.54, 1.807) is 0 Å². The van der Waals surface area contributed by atoms with Gasteiger partial charge in [-0.3, -0.25) is 0 Å². The lowest BCUT2D eigenvalue weighted by Gasteiger charge is -2.11. The molecule has 0 atom stereocenters. The minimum absolute atomic E-state index is 0.0974. The molecular formula is C9H11BrF3N3O. The number of nitrogens with one attached hydrogen (secondary N) is 1. The lowest BCUT2D eigenvalue weighted by atomic mass is 10.4. The standard InChI is InChI=1S/C9H11BrF3N3O/c1-2-14-7-6(10)8(16-5-15-7)17-4-3-9(11,12)13/h5H,2-4H2,1H3,(H,14,15,16). The highest BCUT2D eigenvalue weighted by Gasteiger charge is 2.27. The van der Waals surface area contributed by atoms with Gasteiger partial charge in [-0.25, -0.2) is 9.97 Å². The zero-order chi connectivity index (χ0) is 12.9. The number of hydrogen-bond acceptors (Lipinski definition) is 4. The van der Waals surface area contributed by atoms with E-state index >= 15 is 0 Å². The number of hydrogen-bond donors (Lipinski definition) is 1. The van der Waals surface area contributed by atoms with Gasteiger partial charge in [0.05, 0.1) is 13.0 Å². The number of ether oxygens (including phenoxy) is 1. The molecule has 0 amide bonds. The summed E-state index contributed by atoms with van der Waals surface area (Å²) in [6.45, 7) is 2.04. The van der Waals surface area contributed by atoms with Crippen LogP contribution in [0.25, 0.3) is 0 Å². The Balaban J connectivity index is 2.62. The molecule has 0 radical (unpaired) electrons. The molecule has 1 aromatic rings. The number of anilines is 1. The first kappa shape index (κ1) is 14.0. The van der Waals surface area contributed by atoms with Crippen molar-refractivity contribution in [1.82, 2.24) is 9.97 Å². The number of halogens is 4. The first-order chi connectivity index (χ1) is 7.94. The van der Waals surface area contributed by atoms with E-state index in [9.17, 15) is 13.2 Å². The highest BCUT2D eigenvalue weighted by atomic mass is 79.9. The minimum Gasteiger partial charge on any atom is -0.476 e. The van der Waals surface area contributed by atoms with Gasteiger partial charge in [0.1, 0.15) is 16.6 Å². The molecule has 96 valence electrons. The molecule has 0 spiro atoms. The first-order valence-corrected chi connectivity index (χ1v) is 5.67. The second-order valence-corrected chi connectivity index (χ2v) is 3.88. The van der Waals surface area contributed by atoms with Gasteiger partial charge in [0.25, 0.3) is 0 Å². The van der Waals surface area contributed by atoms with Crippen LogP contribution < -0.4 is 10.1 Å². The fourth-order valence-electron chi connectivity index (χ4n) is 1.01. The van der Waals surface area contributed by atoms with Crippen molar-refractivity contribution in [3.05, 3.63) is 10.8 Å². The van der Waals surface area contributed by atoms with Crippen LogP contribution in [0.5, 0.6) is 5.88 Å². The lowest BCUT2D eigenvalue weighted by molar-refractivity contribution is -0.139. The molecule has 0 aromatic carbocycles. The maximum atomic E-state index is 11.9. The molecule has 0 aliphatic heterocycles. The maximum Gasteiger partial charge on any atom is 0.392 e. The average Bonchev–Trinajstić information content (AvgIpc) is 2.22. The van der Waals surface area contributed by atoms with E-state index < -0.39 is 19.2 Å². The van der Waals surface area contributed by atoms with Crippen LogP contribution in [0.1, 0.15) is 13.3 Å². The second-order valence-electron chi connectivity index (χ2n) is 3.09. The zero-order valence-electron chi connectivity index (χ0n) is 9.01. The van der Waals surface area contributed by atoms with Crippen molar-refractivity contribution in [1.29, 1.82) is 0 Å². The SMILES string of the molecule is CCNc1ncnc(OCCC(F)(F)F)c1Br. The van der Waals surface area contributed by atoms with Crippen molar-refractivity contribution in [3.63, 3.8) is 0 Å². The zero-order valence-corrected chi connectivity index (χ0v) is 10.6. The van der Waals surface area contributed by atoms with Crippen molar-refractivity contribution in [2.24, 2.45) is 0 Å². The quantitative estimate of drug-likeness (QED) is 0.907. The Morgan fingerprint density at radius 2 is 2.12 bits per heavy atom. The summed E-state index contributed by atoms with van der Waals surface area (Å²) in [4.78, 5) is 7.67. The van der Waals surface area contributed by atoms with E-state index in [4.69, 9.17) is 4.74 Å². The van der Waals surface area contributed by atoms with E-state index in [2.05, 4.69) is 31.2 Å². The molecule has 1 N–H and O–H groups in total. The molecule has 0 fully saturated rings. The van der Waals surface area contributed by atoms with Gasteiger partial charge in [0.15, 0.2) is 0 Å². The molecule has 0 aliphatic rings. The van der Waals surface area contributed by atoms with Crippen LogP contribution in [0.15, 0.2) is 10.8 Å². The summed E-state index contributed by atoms with van der Waals surface area (Å²) in [5.74, 6) is 0.588. The van der Waals surface area contributed by atoms with Crippen LogP contribution in [0, 0.1) is 0 Å². The highest BCUT2D eigenvalue weighted by Crippen LogP contribution is 2.29. The van der Waals surface area contributed by atoms with Crippen LogP contribution in [0.3, 0.4) is 0 Å². The van der Waals surface area contributed by atoms with E-state index in [0.717, 1.165) is 0 Å². The first-order valence-electron chi connectivity index (χ1n) is 4.88. The summed E-state index contributed by atoms with van der Waals surface area (Å²) < 4.78 is 41.1. The summed E-state index contributed by atoms with van der Waals surface area (Å²) >= 11 is 3.17. The largest absolute Gasteiger partial charge is 0.476 e. The van der Waals surface area contributed by atoms with Crippen LogP contribution in [0.4, 0.5) is 19.0 Å². The van der Waals surface area contributed by atoms with Crippen molar-refractivity contribution < 1.29 is 17.9 Å². The summed E-state index contributed by atoms with van der Waals surface area (Å²) in [6.07, 6.45) is -4.02. The van der Waals surface area contributed by atoms with Crippen LogP contribution >= 0.6 is 15.9 Å². The van der Waals surface area contributed by atoms with Gasteiger partial charge in [-0.15, -0.1) is 0 Å². The van der Waals surface area contributed by atoms with Crippen molar-refractivity contribution in [3.8, 4) is 5.88 Å². The molecule has 1 rings (SSSR count). The van der Waals surface area contributed by atoms with E-state index in [1.807, 2.05) is 6.92 Å². The third-order valence-electron chi connectivity index (χ3n) is 1.73.